The summed E-state index contributed by atoms with van der Waals surface area (Å²) in [7, 11) is 1.52. The van der Waals surface area contributed by atoms with E-state index in [0.29, 0.717) is 48.9 Å². The number of likely N-dealkylation sites (tertiary alicyclic amines) is 1. The van der Waals surface area contributed by atoms with Gasteiger partial charge in [0.2, 0.25) is 17.7 Å². The molecule has 3 amide bonds. The van der Waals surface area contributed by atoms with Crippen molar-refractivity contribution in [1.29, 1.82) is 0 Å². The van der Waals surface area contributed by atoms with Crippen molar-refractivity contribution >= 4 is 39.6 Å². The van der Waals surface area contributed by atoms with Crippen LogP contribution in [0, 0.1) is 11.8 Å². The van der Waals surface area contributed by atoms with E-state index in [2.05, 4.69) is 28.2 Å². The van der Waals surface area contributed by atoms with Crippen molar-refractivity contribution in [2.24, 2.45) is 11.8 Å². The van der Waals surface area contributed by atoms with Gasteiger partial charge in [-0.2, -0.15) is 0 Å². The van der Waals surface area contributed by atoms with Crippen LogP contribution in [0.2, 0.25) is 0 Å². The van der Waals surface area contributed by atoms with Crippen molar-refractivity contribution in [3.05, 3.63) is 58.6 Å². The number of hydrogen-bond acceptors (Lipinski definition) is 8. The Morgan fingerprint density at radius 2 is 1.77 bits per heavy atom. The van der Waals surface area contributed by atoms with Crippen LogP contribution < -0.4 is 5.32 Å². The highest BCUT2D eigenvalue weighted by Gasteiger charge is 2.74. The summed E-state index contributed by atoms with van der Waals surface area (Å²) in [4.78, 5) is 60.1. The fourth-order valence-electron chi connectivity index (χ4n) is 7.49. The molecule has 262 valence electrons. The number of aliphatic hydroxyl groups excluding tert-OH is 1. The molecule has 5 rings (SSSR count). The summed E-state index contributed by atoms with van der Waals surface area (Å²) in [5, 5.41) is 12.3. The molecule has 12 heteroatoms. The first-order valence-corrected chi connectivity index (χ1v) is 18.0. The molecule has 0 radical (unpaired) electrons. The van der Waals surface area contributed by atoms with Gasteiger partial charge in [-0.25, -0.2) is 0 Å². The number of cyclic esters (lactones) is 1. The molecular formula is C36H48BrN3O8. The van der Waals surface area contributed by atoms with Gasteiger partial charge in [-0.15, -0.1) is 0 Å². The first kappa shape index (κ1) is 36.2. The zero-order chi connectivity index (χ0) is 34.3. The lowest BCUT2D eigenvalue weighted by Gasteiger charge is -2.36. The number of halogens is 1. The third kappa shape index (κ3) is 7.41. The van der Waals surface area contributed by atoms with Gasteiger partial charge in [0, 0.05) is 44.3 Å². The molecular weight excluding hydrogens is 682 g/mol. The highest BCUT2D eigenvalue weighted by Crippen LogP contribution is 2.59. The van der Waals surface area contributed by atoms with E-state index in [-0.39, 0.29) is 37.4 Å². The molecule has 4 heterocycles. The first-order valence-electron chi connectivity index (χ1n) is 17.2. The summed E-state index contributed by atoms with van der Waals surface area (Å²) in [5.41, 5.74) is -0.682. The van der Waals surface area contributed by atoms with Crippen molar-refractivity contribution < 1.29 is 38.5 Å². The number of nitrogens with zero attached hydrogens (tertiary/aromatic N) is 2. The van der Waals surface area contributed by atoms with Gasteiger partial charge >= 0.3 is 5.97 Å². The number of amides is 3. The zero-order valence-electron chi connectivity index (χ0n) is 27.9. The highest BCUT2D eigenvalue weighted by atomic mass is 79.9. The summed E-state index contributed by atoms with van der Waals surface area (Å²) in [6.45, 7) is 3.38. The minimum absolute atomic E-state index is 0.0853. The molecule has 1 aromatic carbocycles. The maximum absolute atomic E-state index is 14.7. The molecule has 5 bridgehead atoms. The van der Waals surface area contributed by atoms with Crippen molar-refractivity contribution in [3.63, 3.8) is 0 Å². The molecule has 2 saturated heterocycles. The molecule has 1 aromatic rings. The van der Waals surface area contributed by atoms with Crippen LogP contribution in [0.4, 0.5) is 0 Å². The number of carbonyl (C=O) groups is 4. The second kappa shape index (κ2) is 16.6. The van der Waals surface area contributed by atoms with Crippen LogP contribution in [0.25, 0.3) is 0 Å². The Hall–Kier alpha value is -3.06. The van der Waals surface area contributed by atoms with Crippen LogP contribution in [-0.2, 0) is 33.4 Å². The lowest BCUT2D eigenvalue weighted by Crippen LogP contribution is -2.56. The van der Waals surface area contributed by atoms with Gasteiger partial charge < -0.3 is 34.4 Å². The lowest BCUT2D eigenvalue weighted by atomic mass is 9.74. The van der Waals surface area contributed by atoms with E-state index in [4.69, 9.17) is 14.2 Å². The van der Waals surface area contributed by atoms with Crippen LogP contribution in [0.3, 0.4) is 0 Å². The van der Waals surface area contributed by atoms with Crippen molar-refractivity contribution in [1.82, 2.24) is 15.1 Å². The number of methoxy groups -OCH3 is 1. The van der Waals surface area contributed by atoms with E-state index >= 15 is 0 Å². The Kier molecular flexibility index (Phi) is 12.5. The number of carbonyl (C=O) groups excluding carboxylic acids is 4. The summed E-state index contributed by atoms with van der Waals surface area (Å²) < 4.78 is 19.0. The van der Waals surface area contributed by atoms with E-state index in [0.717, 1.165) is 25.7 Å². The Bertz CT molecular complexity index is 1370. The van der Waals surface area contributed by atoms with Gasteiger partial charge in [-0.3, -0.25) is 19.2 Å². The molecule has 0 unspecified atom stereocenters. The molecule has 7 atom stereocenters. The van der Waals surface area contributed by atoms with Crippen LogP contribution >= 0.6 is 15.9 Å². The molecule has 1 spiro atoms. The van der Waals surface area contributed by atoms with Crippen molar-refractivity contribution in [3.8, 4) is 0 Å². The molecule has 2 fully saturated rings. The molecule has 48 heavy (non-hydrogen) atoms. The molecule has 11 nitrogen and oxygen atoms in total. The average molecular weight is 731 g/mol. The fourth-order valence-corrected chi connectivity index (χ4v) is 8.23. The van der Waals surface area contributed by atoms with Gasteiger partial charge in [0.25, 0.3) is 0 Å². The number of esters is 1. The Morgan fingerprint density at radius 1 is 1.00 bits per heavy atom. The van der Waals surface area contributed by atoms with Gasteiger partial charge in [0.15, 0.2) is 0 Å². The van der Waals surface area contributed by atoms with E-state index in [1.54, 1.807) is 9.80 Å². The third-order valence-electron chi connectivity index (χ3n) is 9.79. The smallest absolute Gasteiger partial charge is 0.313 e. The van der Waals surface area contributed by atoms with Gasteiger partial charge in [-0.05, 0) is 37.3 Å². The van der Waals surface area contributed by atoms with Gasteiger partial charge in [-0.1, -0.05) is 84.6 Å². The minimum Gasteiger partial charge on any atom is -0.455 e. The monoisotopic (exact) mass is 729 g/mol. The summed E-state index contributed by atoms with van der Waals surface area (Å²) in [5.74, 6) is -3.38. The lowest BCUT2D eigenvalue weighted by molar-refractivity contribution is -0.162. The highest BCUT2D eigenvalue weighted by molar-refractivity contribution is 9.11. The second-order valence-electron chi connectivity index (χ2n) is 13.0. The summed E-state index contributed by atoms with van der Waals surface area (Å²) in [6.07, 6.45) is 9.12. The number of benzene rings is 1. The molecule has 0 saturated carbocycles. The molecule has 2 N–H and O–H groups in total. The number of nitrogens with one attached hydrogen (secondary N) is 1. The summed E-state index contributed by atoms with van der Waals surface area (Å²) in [6, 6.07) is 7.50. The number of ether oxygens (including phenoxy) is 3. The van der Waals surface area contributed by atoms with Crippen molar-refractivity contribution in [2.75, 3.05) is 40.0 Å². The van der Waals surface area contributed by atoms with Gasteiger partial charge in [0.1, 0.15) is 29.8 Å². The van der Waals surface area contributed by atoms with E-state index in [1.165, 1.54) is 7.11 Å². The maximum atomic E-state index is 14.7. The van der Waals surface area contributed by atoms with Crippen LogP contribution in [0.1, 0.15) is 70.0 Å². The largest absolute Gasteiger partial charge is 0.455 e. The quantitative estimate of drug-likeness (QED) is 0.189. The Labute approximate surface area is 291 Å². The average Bonchev–Trinajstić information content (AvgIpc) is 3.67. The fraction of sp³-hybridized carbons (Fsp3) is 0.611. The molecule has 4 aliphatic heterocycles. The topological polar surface area (TPSA) is 135 Å². The predicted octanol–water partition coefficient (Wildman–Crippen LogP) is 3.81. The number of aliphatic hydroxyl groups is 1. The van der Waals surface area contributed by atoms with Crippen molar-refractivity contribution in [2.45, 2.75) is 88.2 Å². The number of fused-ring (bicyclic) bond motifs is 2. The normalized spacial score (nSPS) is 31.5. The summed E-state index contributed by atoms with van der Waals surface area (Å²) >= 11 is 3.62. The van der Waals surface area contributed by atoms with Crippen LogP contribution in [-0.4, -0.2) is 102 Å². The van der Waals surface area contributed by atoms with E-state index in [1.807, 2.05) is 48.6 Å². The first-order chi connectivity index (χ1) is 23.3. The SMILES string of the molecule is CCCCN1C/C=C\CCC(=O)N[C@H](COC)[C@@H](c2ccccc2)OC(=O)[C@@H]2[C@H]3O[C@@]4(C=C3Br)[C@H](C1=O)N(CCCCCCO)C(=O)[C@@H]24. The number of hydrogen-bond donors (Lipinski definition) is 2. The Balaban J connectivity index is 1.57. The van der Waals surface area contributed by atoms with Crippen LogP contribution in [0.15, 0.2) is 53.0 Å². The molecule has 0 aliphatic carbocycles. The number of rotatable bonds is 12. The zero-order valence-corrected chi connectivity index (χ0v) is 29.4. The standard InChI is InChI=1S/C36H48BrN3O8/c1-3-4-18-39-19-12-8-11-17-27(42)38-26(23-46-2)30(24-15-9-7-10-16-24)47-35(45)28-29-33(43)40(20-13-5-6-14-21-41)32(34(39)44)36(29)22-25(37)31(28)48-36/h7-10,12,15-16,22,26,28-32,41H,3-6,11,13-14,17-21,23H2,1-2H3,(H,38,42)/b12-8-/t26-,28+,29-,30-,31+,32+,36-/m1/s1. The predicted molar refractivity (Wildman–Crippen MR) is 182 cm³/mol. The van der Waals surface area contributed by atoms with E-state index < -0.39 is 47.7 Å². The maximum Gasteiger partial charge on any atom is 0.313 e. The second-order valence-corrected chi connectivity index (χ2v) is 14.0. The van der Waals surface area contributed by atoms with Gasteiger partial charge in [0.05, 0.1) is 18.6 Å². The van der Waals surface area contributed by atoms with Crippen LogP contribution in [0.5, 0.6) is 0 Å². The third-order valence-corrected chi connectivity index (χ3v) is 10.5. The molecule has 0 aromatic heterocycles. The number of allylic oxidation sites excluding steroid dienone is 1. The number of unbranched alkanes of at least 4 members (excludes halogenated alkanes) is 4. The Morgan fingerprint density at radius 3 is 2.50 bits per heavy atom. The van der Waals surface area contributed by atoms with E-state index in [9.17, 15) is 24.3 Å². The minimum atomic E-state index is -1.35. The molecule has 4 aliphatic rings.